The molecule has 1 atom stereocenters. The van der Waals surface area contributed by atoms with Gasteiger partial charge in [0.1, 0.15) is 0 Å². The second-order valence-electron chi connectivity index (χ2n) is 5.64. The number of likely N-dealkylation sites (N-methyl/N-ethyl adjacent to an activating group) is 2. The molecule has 1 aliphatic rings. The number of aryl methyl sites for hydroxylation is 1. The number of amides is 3. The third-order valence-corrected chi connectivity index (χ3v) is 3.99. The van der Waals surface area contributed by atoms with Gasteiger partial charge in [-0.2, -0.15) is 0 Å². The zero-order chi connectivity index (χ0) is 15.6. The molecule has 1 aromatic carbocycles. The molecule has 21 heavy (non-hydrogen) atoms. The van der Waals surface area contributed by atoms with Crippen LogP contribution in [0.25, 0.3) is 0 Å². The van der Waals surface area contributed by atoms with Crippen LogP contribution in [0.5, 0.6) is 0 Å². The third kappa shape index (κ3) is 3.52. The molecule has 1 heterocycles. The summed E-state index contributed by atoms with van der Waals surface area (Å²) in [6.07, 6.45) is 0.986. The Bertz CT molecular complexity index is 559. The summed E-state index contributed by atoms with van der Waals surface area (Å²) in [4.78, 5) is 27.4. The summed E-state index contributed by atoms with van der Waals surface area (Å²) >= 11 is 0. The zero-order valence-electron chi connectivity index (χ0n) is 12.7. The minimum atomic E-state index is -0.470. The molecular formula is C15H22N4O2. The topological polar surface area (TPSA) is 78.7 Å². The summed E-state index contributed by atoms with van der Waals surface area (Å²) in [5.74, 6) is -0.470. The highest BCUT2D eigenvalue weighted by molar-refractivity contribution is 5.95. The highest BCUT2D eigenvalue weighted by Crippen LogP contribution is 2.18. The fraction of sp³-hybridized carbons (Fsp3) is 0.467. The van der Waals surface area contributed by atoms with Gasteiger partial charge in [-0.1, -0.05) is 0 Å². The lowest BCUT2D eigenvalue weighted by atomic mass is 10.1. The lowest BCUT2D eigenvalue weighted by Gasteiger charge is -2.25. The Morgan fingerprint density at radius 1 is 1.43 bits per heavy atom. The number of benzene rings is 1. The molecular weight excluding hydrogens is 268 g/mol. The monoisotopic (exact) mass is 290 g/mol. The maximum Gasteiger partial charge on any atom is 0.321 e. The van der Waals surface area contributed by atoms with Crippen LogP contribution in [-0.4, -0.2) is 55.0 Å². The van der Waals surface area contributed by atoms with Crippen molar-refractivity contribution in [1.82, 2.24) is 9.80 Å². The molecule has 0 bridgehead atoms. The number of hydrogen-bond acceptors (Lipinski definition) is 3. The highest BCUT2D eigenvalue weighted by Gasteiger charge is 2.26. The van der Waals surface area contributed by atoms with Gasteiger partial charge in [0.05, 0.1) is 0 Å². The lowest BCUT2D eigenvalue weighted by molar-refractivity contribution is 0.1000. The first-order valence-corrected chi connectivity index (χ1v) is 7.01. The quantitative estimate of drug-likeness (QED) is 0.879. The molecule has 6 heteroatoms. The molecule has 0 spiro atoms. The van der Waals surface area contributed by atoms with E-state index in [9.17, 15) is 9.59 Å². The lowest BCUT2D eigenvalue weighted by Crippen LogP contribution is -2.41. The zero-order valence-corrected chi connectivity index (χ0v) is 12.7. The molecule has 1 aliphatic heterocycles. The van der Waals surface area contributed by atoms with E-state index in [1.54, 1.807) is 23.1 Å². The van der Waals surface area contributed by atoms with Gasteiger partial charge >= 0.3 is 6.03 Å². The van der Waals surface area contributed by atoms with Gasteiger partial charge in [0, 0.05) is 30.9 Å². The summed E-state index contributed by atoms with van der Waals surface area (Å²) in [6.45, 7) is 3.74. The predicted octanol–water partition coefficient (Wildman–Crippen LogP) is 1.26. The predicted molar refractivity (Wildman–Crippen MR) is 82.4 cm³/mol. The molecule has 3 N–H and O–H groups in total. The standard InChI is InChI=1S/C15H22N4O2/c1-10-8-11(14(16)20)4-5-13(10)17-15(21)19(3)12-6-7-18(2)9-12/h4-5,8,12H,6-7,9H2,1-3H3,(H2,16,20)(H,17,21)/t12-/m0/s1. The average molecular weight is 290 g/mol. The van der Waals surface area contributed by atoms with Gasteiger partial charge in [-0.15, -0.1) is 0 Å². The van der Waals surface area contributed by atoms with Crippen molar-refractivity contribution >= 4 is 17.6 Å². The summed E-state index contributed by atoms with van der Waals surface area (Å²) in [5.41, 5.74) is 7.19. The number of nitrogens with zero attached hydrogens (tertiary/aromatic N) is 2. The molecule has 0 radical (unpaired) electrons. The Morgan fingerprint density at radius 3 is 2.67 bits per heavy atom. The van der Waals surface area contributed by atoms with Crippen LogP contribution in [0.4, 0.5) is 10.5 Å². The Hall–Kier alpha value is -2.08. The van der Waals surface area contributed by atoms with Crippen LogP contribution < -0.4 is 11.1 Å². The van der Waals surface area contributed by atoms with Gasteiger partial charge in [-0.3, -0.25) is 4.79 Å². The fourth-order valence-corrected chi connectivity index (χ4v) is 2.55. The third-order valence-electron chi connectivity index (χ3n) is 3.99. The molecule has 0 aromatic heterocycles. The minimum absolute atomic E-state index is 0.134. The second-order valence-corrected chi connectivity index (χ2v) is 5.64. The van der Waals surface area contributed by atoms with Crippen molar-refractivity contribution < 1.29 is 9.59 Å². The Kier molecular flexibility index (Phi) is 4.47. The number of carbonyl (C=O) groups is 2. The molecule has 0 saturated carbocycles. The summed E-state index contributed by atoms with van der Waals surface area (Å²) in [7, 11) is 3.87. The van der Waals surface area contributed by atoms with E-state index in [1.807, 2.05) is 14.0 Å². The van der Waals surface area contributed by atoms with Crippen LogP contribution in [0.15, 0.2) is 18.2 Å². The largest absolute Gasteiger partial charge is 0.366 e. The molecule has 1 saturated heterocycles. The normalized spacial score (nSPS) is 18.5. The number of nitrogens with two attached hydrogens (primary N) is 1. The molecule has 2 rings (SSSR count). The highest BCUT2D eigenvalue weighted by atomic mass is 16.2. The van der Waals surface area contributed by atoms with Crippen molar-refractivity contribution in [3.63, 3.8) is 0 Å². The Balaban J connectivity index is 2.04. The van der Waals surface area contributed by atoms with E-state index in [0.29, 0.717) is 11.3 Å². The average Bonchev–Trinajstić information content (AvgIpc) is 2.86. The maximum absolute atomic E-state index is 12.3. The summed E-state index contributed by atoms with van der Waals surface area (Å²) in [6, 6.07) is 5.11. The van der Waals surface area contributed by atoms with E-state index in [1.165, 1.54) is 0 Å². The number of carbonyl (C=O) groups excluding carboxylic acids is 2. The van der Waals surface area contributed by atoms with E-state index in [0.717, 1.165) is 25.1 Å². The van der Waals surface area contributed by atoms with Gasteiger partial charge in [-0.05, 0) is 50.7 Å². The van der Waals surface area contributed by atoms with Crippen molar-refractivity contribution in [2.45, 2.75) is 19.4 Å². The van der Waals surface area contributed by atoms with Gasteiger partial charge in [0.25, 0.3) is 0 Å². The van der Waals surface area contributed by atoms with Gasteiger partial charge < -0.3 is 20.9 Å². The van der Waals surface area contributed by atoms with Crippen LogP contribution in [0, 0.1) is 6.92 Å². The molecule has 1 fully saturated rings. The number of hydrogen-bond donors (Lipinski definition) is 2. The Morgan fingerprint density at radius 2 is 2.14 bits per heavy atom. The van der Waals surface area contributed by atoms with Gasteiger partial charge in [0.15, 0.2) is 0 Å². The summed E-state index contributed by atoms with van der Waals surface area (Å²) < 4.78 is 0. The van der Waals surface area contributed by atoms with E-state index in [2.05, 4.69) is 17.3 Å². The van der Waals surface area contributed by atoms with E-state index in [-0.39, 0.29) is 12.1 Å². The van der Waals surface area contributed by atoms with Crippen LogP contribution in [0.3, 0.4) is 0 Å². The molecule has 0 unspecified atom stereocenters. The SMILES string of the molecule is Cc1cc(C(N)=O)ccc1NC(=O)N(C)[C@H]1CCN(C)C1. The smallest absolute Gasteiger partial charge is 0.321 e. The van der Waals surface area contributed by atoms with E-state index >= 15 is 0 Å². The minimum Gasteiger partial charge on any atom is -0.366 e. The van der Waals surface area contributed by atoms with E-state index < -0.39 is 5.91 Å². The van der Waals surface area contributed by atoms with E-state index in [4.69, 9.17) is 5.73 Å². The van der Waals surface area contributed by atoms with Crippen molar-refractivity contribution in [3.8, 4) is 0 Å². The van der Waals surface area contributed by atoms with Crippen molar-refractivity contribution in [2.24, 2.45) is 5.73 Å². The maximum atomic E-state index is 12.3. The number of likely N-dealkylation sites (tertiary alicyclic amines) is 1. The van der Waals surface area contributed by atoms with Crippen LogP contribution in [0.1, 0.15) is 22.3 Å². The second kappa shape index (κ2) is 6.13. The molecule has 0 aliphatic carbocycles. The van der Waals surface area contributed by atoms with Crippen molar-refractivity contribution in [2.75, 3.05) is 32.5 Å². The van der Waals surface area contributed by atoms with Crippen molar-refractivity contribution in [3.05, 3.63) is 29.3 Å². The number of anilines is 1. The molecule has 6 nitrogen and oxygen atoms in total. The van der Waals surface area contributed by atoms with Gasteiger partial charge in [-0.25, -0.2) is 4.79 Å². The first-order valence-electron chi connectivity index (χ1n) is 7.01. The van der Waals surface area contributed by atoms with Crippen LogP contribution in [0.2, 0.25) is 0 Å². The number of rotatable bonds is 3. The Labute approximate surface area is 124 Å². The van der Waals surface area contributed by atoms with Gasteiger partial charge in [0.2, 0.25) is 5.91 Å². The number of primary amides is 1. The number of urea groups is 1. The van der Waals surface area contributed by atoms with Crippen molar-refractivity contribution in [1.29, 1.82) is 0 Å². The summed E-state index contributed by atoms with van der Waals surface area (Å²) in [5, 5.41) is 2.88. The van der Waals surface area contributed by atoms with Crippen LogP contribution in [-0.2, 0) is 0 Å². The van der Waals surface area contributed by atoms with Crippen LogP contribution >= 0.6 is 0 Å². The first kappa shape index (κ1) is 15.3. The molecule has 114 valence electrons. The first-order chi connectivity index (χ1) is 9.88. The fourth-order valence-electron chi connectivity index (χ4n) is 2.55. The molecule has 1 aromatic rings. The molecule has 3 amide bonds. The number of nitrogens with one attached hydrogen (secondary N) is 1.